The Labute approximate surface area is 149 Å². The van der Waals surface area contributed by atoms with Gasteiger partial charge in [-0.1, -0.05) is 6.07 Å². The molecule has 8 heteroatoms. The average Bonchev–Trinajstić information content (AvgIpc) is 3.36. The van der Waals surface area contributed by atoms with Crippen molar-refractivity contribution in [3.8, 4) is 0 Å². The number of aryl methyl sites for hydroxylation is 1. The lowest BCUT2D eigenvalue weighted by Crippen LogP contribution is -2.18. The molecule has 0 unspecified atom stereocenters. The molecule has 1 aliphatic heterocycles. The molecule has 2 aliphatic rings. The van der Waals surface area contributed by atoms with Crippen molar-refractivity contribution in [1.82, 2.24) is 14.6 Å². The van der Waals surface area contributed by atoms with Crippen LogP contribution < -0.4 is 21.7 Å². The van der Waals surface area contributed by atoms with Crippen molar-refractivity contribution in [2.45, 2.75) is 31.7 Å². The Kier molecular flexibility index (Phi) is 3.24. The molecule has 0 saturated heterocycles. The third kappa shape index (κ3) is 2.69. The van der Waals surface area contributed by atoms with Gasteiger partial charge >= 0.3 is 0 Å². The summed E-state index contributed by atoms with van der Waals surface area (Å²) >= 11 is 0. The molecule has 1 fully saturated rings. The van der Waals surface area contributed by atoms with Gasteiger partial charge in [0, 0.05) is 29.9 Å². The SMILES string of the molecule is Nc1cnc2c(NC3CC3)cc(Nc3ccc4c(c3)NC(=O)CC4)nn12. The first-order chi connectivity index (χ1) is 12.7. The van der Waals surface area contributed by atoms with Gasteiger partial charge in [-0.3, -0.25) is 4.79 Å². The molecule has 0 radical (unpaired) electrons. The molecule has 5 N–H and O–H groups in total. The van der Waals surface area contributed by atoms with Crippen molar-refractivity contribution in [2.75, 3.05) is 21.7 Å². The number of benzene rings is 1. The molecule has 3 heterocycles. The van der Waals surface area contributed by atoms with Crippen LogP contribution in [0.4, 0.5) is 28.7 Å². The number of amides is 1. The van der Waals surface area contributed by atoms with Gasteiger partial charge in [0.15, 0.2) is 11.5 Å². The fourth-order valence-corrected chi connectivity index (χ4v) is 3.20. The Morgan fingerprint density at radius 3 is 2.96 bits per heavy atom. The van der Waals surface area contributed by atoms with E-state index < -0.39 is 0 Å². The van der Waals surface area contributed by atoms with Crippen LogP contribution in [-0.2, 0) is 11.2 Å². The van der Waals surface area contributed by atoms with Gasteiger partial charge in [-0.2, -0.15) is 4.52 Å². The van der Waals surface area contributed by atoms with Crippen molar-refractivity contribution < 1.29 is 4.79 Å². The Morgan fingerprint density at radius 1 is 1.23 bits per heavy atom. The number of aromatic nitrogens is 3. The number of carbonyl (C=O) groups excluding carboxylic acids is 1. The zero-order valence-corrected chi connectivity index (χ0v) is 14.1. The first-order valence-corrected chi connectivity index (χ1v) is 8.76. The summed E-state index contributed by atoms with van der Waals surface area (Å²) in [6.07, 6.45) is 5.25. The van der Waals surface area contributed by atoms with Crippen molar-refractivity contribution in [3.63, 3.8) is 0 Å². The maximum absolute atomic E-state index is 11.6. The molecule has 1 aliphatic carbocycles. The summed E-state index contributed by atoms with van der Waals surface area (Å²) < 4.78 is 1.63. The van der Waals surface area contributed by atoms with Crippen LogP contribution >= 0.6 is 0 Å². The van der Waals surface area contributed by atoms with Crippen LogP contribution in [0.5, 0.6) is 0 Å². The number of carbonyl (C=O) groups is 1. The summed E-state index contributed by atoms with van der Waals surface area (Å²) in [5.74, 6) is 1.20. The zero-order chi connectivity index (χ0) is 17.7. The van der Waals surface area contributed by atoms with Crippen LogP contribution in [0.2, 0.25) is 0 Å². The van der Waals surface area contributed by atoms with E-state index in [0.717, 1.165) is 47.5 Å². The minimum Gasteiger partial charge on any atom is -0.382 e. The average molecular weight is 349 g/mol. The predicted molar refractivity (Wildman–Crippen MR) is 101 cm³/mol. The summed E-state index contributed by atoms with van der Waals surface area (Å²) in [7, 11) is 0. The van der Waals surface area contributed by atoms with Gasteiger partial charge in [-0.15, -0.1) is 5.10 Å². The minimum absolute atomic E-state index is 0.0521. The largest absolute Gasteiger partial charge is 0.382 e. The van der Waals surface area contributed by atoms with Gasteiger partial charge in [0.1, 0.15) is 5.82 Å². The van der Waals surface area contributed by atoms with E-state index in [1.807, 2.05) is 24.3 Å². The van der Waals surface area contributed by atoms with E-state index in [1.54, 1.807) is 10.7 Å². The maximum atomic E-state index is 11.6. The summed E-state index contributed by atoms with van der Waals surface area (Å²) in [5.41, 5.74) is 10.5. The minimum atomic E-state index is 0.0521. The van der Waals surface area contributed by atoms with Crippen LogP contribution in [0.25, 0.3) is 5.65 Å². The Balaban J connectivity index is 1.50. The third-order valence-electron chi connectivity index (χ3n) is 4.71. The van der Waals surface area contributed by atoms with Gasteiger partial charge < -0.3 is 21.7 Å². The van der Waals surface area contributed by atoms with Gasteiger partial charge in [0.05, 0.1) is 11.9 Å². The first-order valence-electron chi connectivity index (χ1n) is 8.76. The second-order valence-electron chi connectivity index (χ2n) is 6.83. The van der Waals surface area contributed by atoms with Crippen molar-refractivity contribution >= 4 is 40.3 Å². The molecule has 3 aromatic rings. The van der Waals surface area contributed by atoms with Gasteiger partial charge in [-0.05, 0) is 37.0 Å². The van der Waals surface area contributed by atoms with Crippen molar-refractivity contribution in [2.24, 2.45) is 0 Å². The van der Waals surface area contributed by atoms with Gasteiger partial charge in [0.25, 0.3) is 0 Å². The van der Waals surface area contributed by atoms with Crippen LogP contribution in [-0.4, -0.2) is 26.5 Å². The molecule has 2 aromatic heterocycles. The van der Waals surface area contributed by atoms with Crippen molar-refractivity contribution in [1.29, 1.82) is 0 Å². The monoisotopic (exact) mass is 349 g/mol. The van der Waals surface area contributed by atoms with E-state index in [4.69, 9.17) is 5.73 Å². The summed E-state index contributed by atoms with van der Waals surface area (Å²) in [4.78, 5) is 16.0. The number of hydrogen-bond acceptors (Lipinski definition) is 6. The summed E-state index contributed by atoms with van der Waals surface area (Å²) in [6.45, 7) is 0. The number of nitrogens with one attached hydrogen (secondary N) is 3. The quantitative estimate of drug-likeness (QED) is 0.576. The van der Waals surface area contributed by atoms with Crippen LogP contribution in [0.1, 0.15) is 24.8 Å². The summed E-state index contributed by atoms with van der Waals surface area (Å²) in [5, 5.41) is 14.2. The highest BCUT2D eigenvalue weighted by Gasteiger charge is 2.23. The lowest BCUT2D eigenvalue weighted by molar-refractivity contribution is -0.116. The van der Waals surface area contributed by atoms with E-state index in [9.17, 15) is 4.79 Å². The molecule has 1 saturated carbocycles. The molecule has 26 heavy (non-hydrogen) atoms. The molecule has 0 spiro atoms. The zero-order valence-electron chi connectivity index (χ0n) is 14.1. The topological polar surface area (TPSA) is 109 Å². The molecule has 1 amide bonds. The molecule has 132 valence electrons. The lowest BCUT2D eigenvalue weighted by Gasteiger charge is -2.18. The number of anilines is 5. The number of nitrogen functional groups attached to an aromatic ring is 1. The van der Waals surface area contributed by atoms with Gasteiger partial charge in [0.2, 0.25) is 5.91 Å². The maximum Gasteiger partial charge on any atom is 0.224 e. The highest BCUT2D eigenvalue weighted by Crippen LogP contribution is 2.31. The Bertz CT molecular complexity index is 1020. The summed E-state index contributed by atoms with van der Waals surface area (Å²) in [6, 6.07) is 8.39. The molecular formula is C18H19N7O. The second kappa shape index (κ2) is 5.62. The van der Waals surface area contributed by atoms with Crippen LogP contribution in [0, 0.1) is 0 Å². The van der Waals surface area contributed by atoms with Gasteiger partial charge in [-0.25, -0.2) is 4.98 Å². The smallest absolute Gasteiger partial charge is 0.224 e. The first kappa shape index (κ1) is 15.0. The lowest BCUT2D eigenvalue weighted by atomic mass is 10.0. The van der Waals surface area contributed by atoms with Crippen LogP contribution in [0.15, 0.2) is 30.5 Å². The molecule has 8 nitrogen and oxygen atoms in total. The fourth-order valence-electron chi connectivity index (χ4n) is 3.20. The predicted octanol–water partition coefficient (Wildman–Crippen LogP) is 2.51. The molecular weight excluding hydrogens is 330 g/mol. The number of nitrogens with zero attached hydrogens (tertiary/aromatic N) is 3. The number of rotatable bonds is 4. The number of hydrogen-bond donors (Lipinski definition) is 4. The molecule has 0 bridgehead atoms. The molecule has 5 rings (SSSR count). The fraction of sp³-hybridized carbons (Fsp3) is 0.278. The second-order valence-corrected chi connectivity index (χ2v) is 6.83. The highest BCUT2D eigenvalue weighted by molar-refractivity contribution is 5.94. The third-order valence-corrected chi connectivity index (χ3v) is 4.71. The highest BCUT2D eigenvalue weighted by atomic mass is 16.1. The Morgan fingerprint density at radius 2 is 2.12 bits per heavy atom. The van der Waals surface area contributed by atoms with E-state index >= 15 is 0 Å². The molecule has 1 aromatic carbocycles. The van der Waals surface area contributed by atoms with E-state index in [-0.39, 0.29) is 5.91 Å². The number of imidazole rings is 1. The van der Waals surface area contributed by atoms with E-state index in [1.165, 1.54) is 0 Å². The number of nitrogens with two attached hydrogens (primary N) is 1. The standard InChI is InChI=1S/C18H19N7O/c19-15-9-20-18-14(21-11-4-5-11)8-16(24-25(15)18)22-12-3-1-10-2-6-17(26)23-13(10)7-12/h1,3,7-9,11,21H,2,4-6,19H2,(H,22,24)(H,23,26). The normalized spacial score (nSPS) is 16.2. The van der Waals surface area contributed by atoms with Crippen LogP contribution in [0.3, 0.4) is 0 Å². The molecule has 0 atom stereocenters. The Hall–Kier alpha value is -3.29. The number of fused-ring (bicyclic) bond motifs is 2. The van der Waals surface area contributed by atoms with E-state index in [2.05, 4.69) is 26.0 Å². The van der Waals surface area contributed by atoms with Crippen molar-refractivity contribution in [3.05, 3.63) is 36.0 Å². The van der Waals surface area contributed by atoms with E-state index in [0.29, 0.717) is 24.1 Å².